The lowest BCUT2D eigenvalue weighted by atomic mass is 10.2. The second kappa shape index (κ2) is 8.14. The molecule has 0 saturated heterocycles. The van der Waals surface area contributed by atoms with Crippen LogP contribution in [0.5, 0.6) is 11.5 Å². The van der Waals surface area contributed by atoms with Crippen LogP contribution in [0.3, 0.4) is 0 Å². The van der Waals surface area contributed by atoms with Crippen LogP contribution < -0.4 is 20.1 Å². The first-order valence-corrected chi connectivity index (χ1v) is 8.04. The van der Waals surface area contributed by atoms with E-state index >= 15 is 0 Å². The maximum absolute atomic E-state index is 12.1. The molecule has 0 radical (unpaired) electrons. The Kier molecular flexibility index (Phi) is 5.46. The zero-order chi connectivity index (χ0) is 17.5. The molecule has 0 aliphatic carbocycles. The third-order valence-electron chi connectivity index (χ3n) is 3.66. The number of aromatic nitrogens is 1. The summed E-state index contributed by atoms with van der Waals surface area (Å²) < 4.78 is 11.1. The fourth-order valence-corrected chi connectivity index (χ4v) is 2.35. The normalized spacial score (nSPS) is 15.3. The Morgan fingerprint density at radius 3 is 2.76 bits per heavy atom. The van der Waals surface area contributed by atoms with Crippen molar-refractivity contribution in [3.63, 3.8) is 0 Å². The van der Waals surface area contributed by atoms with Gasteiger partial charge in [0, 0.05) is 31.9 Å². The van der Waals surface area contributed by atoms with Crippen molar-refractivity contribution in [2.75, 3.05) is 13.2 Å². The van der Waals surface area contributed by atoms with Crippen molar-refractivity contribution in [2.45, 2.75) is 19.1 Å². The van der Waals surface area contributed by atoms with Crippen LogP contribution in [0.1, 0.15) is 12.0 Å². The minimum absolute atomic E-state index is 0.143. The van der Waals surface area contributed by atoms with Gasteiger partial charge in [0.05, 0.1) is 0 Å². The van der Waals surface area contributed by atoms with Crippen molar-refractivity contribution in [1.82, 2.24) is 15.6 Å². The Morgan fingerprint density at radius 1 is 1.12 bits per heavy atom. The predicted octanol–water partition coefficient (Wildman–Crippen LogP) is 1.04. The average molecular weight is 341 g/mol. The topological polar surface area (TPSA) is 89.6 Å². The third-order valence-corrected chi connectivity index (χ3v) is 3.66. The van der Waals surface area contributed by atoms with Crippen LogP contribution in [0.4, 0.5) is 0 Å². The smallest absolute Gasteiger partial charge is 0.264 e. The molecule has 1 aromatic heterocycles. The van der Waals surface area contributed by atoms with Crippen LogP contribution in [0.25, 0.3) is 0 Å². The van der Waals surface area contributed by atoms with Crippen molar-refractivity contribution >= 4 is 11.8 Å². The van der Waals surface area contributed by atoms with E-state index in [4.69, 9.17) is 9.47 Å². The molecule has 0 spiro atoms. The van der Waals surface area contributed by atoms with Crippen LogP contribution in [-0.2, 0) is 16.1 Å². The summed E-state index contributed by atoms with van der Waals surface area (Å²) in [7, 11) is 0. The first kappa shape index (κ1) is 16.8. The Bertz CT molecular complexity index is 736. The van der Waals surface area contributed by atoms with Gasteiger partial charge in [-0.25, -0.2) is 0 Å². The number of hydrogen-bond acceptors (Lipinski definition) is 5. The fraction of sp³-hybridized carbons (Fsp3) is 0.278. The number of pyridine rings is 1. The molecule has 1 unspecified atom stereocenters. The van der Waals surface area contributed by atoms with Gasteiger partial charge in [-0.2, -0.15) is 0 Å². The van der Waals surface area contributed by atoms with E-state index in [-0.39, 0.29) is 31.4 Å². The van der Waals surface area contributed by atoms with Crippen molar-refractivity contribution in [2.24, 2.45) is 0 Å². The molecule has 0 fully saturated rings. The number of benzene rings is 1. The van der Waals surface area contributed by atoms with E-state index in [0.29, 0.717) is 18.0 Å². The summed E-state index contributed by atoms with van der Waals surface area (Å²) in [6.45, 7) is 0.798. The molecule has 2 amide bonds. The molecule has 7 nitrogen and oxygen atoms in total. The highest BCUT2D eigenvalue weighted by Crippen LogP contribution is 2.30. The number of para-hydroxylation sites is 2. The van der Waals surface area contributed by atoms with Crippen molar-refractivity contribution in [3.8, 4) is 11.5 Å². The Hall–Kier alpha value is -3.09. The molecule has 1 atom stereocenters. The SMILES string of the molecule is O=C(CCNC(=O)C1COc2ccccc2O1)NCc1cccnc1. The summed E-state index contributed by atoms with van der Waals surface area (Å²) in [5.41, 5.74) is 0.923. The lowest BCUT2D eigenvalue weighted by molar-refractivity contribution is -0.130. The molecule has 130 valence electrons. The molecule has 2 aromatic rings. The zero-order valence-corrected chi connectivity index (χ0v) is 13.6. The highest BCUT2D eigenvalue weighted by atomic mass is 16.6. The van der Waals surface area contributed by atoms with E-state index in [1.807, 2.05) is 24.3 Å². The molecule has 1 aliphatic rings. The number of nitrogens with zero attached hydrogens (tertiary/aromatic N) is 1. The number of hydrogen-bond donors (Lipinski definition) is 2. The van der Waals surface area contributed by atoms with Gasteiger partial charge in [-0.3, -0.25) is 14.6 Å². The largest absolute Gasteiger partial charge is 0.485 e. The number of fused-ring (bicyclic) bond motifs is 1. The highest BCUT2D eigenvalue weighted by molar-refractivity contribution is 5.82. The van der Waals surface area contributed by atoms with Crippen molar-refractivity contribution in [3.05, 3.63) is 54.4 Å². The fourth-order valence-electron chi connectivity index (χ4n) is 2.35. The lowest BCUT2D eigenvalue weighted by Crippen LogP contribution is -2.44. The van der Waals surface area contributed by atoms with Gasteiger partial charge < -0.3 is 20.1 Å². The first-order valence-electron chi connectivity index (χ1n) is 8.04. The van der Waals surface area contributed by atoms with Gasteiger partial charge in [0.15, 0.2) is 11.5 Å². The van der Waals surface area contributed by atoms with Crippen molar-refractivity contribution < 1.29 is 19.1 Å². The number of carbonyl (C=O) groups excluding carboxylic acids is 2. The summed E-state index contributed by atoms with van der Waals surface area (Å²) >= 11 is 0. The molecule has 0 saturated carbocycles. The summed E-state index contributed by atoms with van der Waals surface area (Å²) in [6, 6.07) is 10.9. The van der Waals surface area contributed by atoms with E-state index in [2.05, 4.69) is 15.6 Å². The number of ether oxygens (including phenoxy) is 2. The van der Waals surface area contributed by atoms with E-state index in [0.717, 1.165) is 5.56 Å². The standard InChI is InChI=1S/C18H19N3O4/c22-17(21-11-13-4-3-8-19-10-13)7-9-20-18(23)16-12-24-14-5-1-2-6-15(14)25-16/h1-6,8,10,16H,7,9,11-12H2,(H,20,23)(H,21,22). The van der Waals surface area contributed by atoms with E-state index < -0.39 is 6.10 Å². The third kappa shape index (κ3) is 4.69. The summed E-state index contributed by atoms with van der Waals surface area (Å²) in [5, 5.41) is 5.47. The zero-order valence-electron chi connectivity index (χ0n) is 13.6. The highest BCUT2D eigenvalue weighted by Gasteiger charge is 2.26. The number of amides is 2. The van der Waals surface area contributed by atoms with Gasteiger partial charge in [0.2, 0.25) is 12.0 Å². The summed E-state index contributed by atoms with van der Waals surface area (Å²) in [5.74, 6) is 0.731. The second-order valence-electron chi connectivity index (χ2n) is 5.54. The van der Waals surface area contributed by atoms with Gasteiger partial charge in [0.1, 0.15) is 6.61 Å². The maximum Gasteiger partial charge on any atom is 0.264 e. The summed E-state index contributed by atoms with van der Waals surface area (Å²) in [6.07, 6.45) is 2.85. The Morgan fingerprint density at radius 2 is 1.96 bits per heavy atom. The number of carbonyl (C=O) groups is 2. The molecule has 1 aliphatic heterocycles. The maximum atomic E-state index is 12.1. The monoisotopic (exact) mass is 341 g/mol. The van der Waals surface area contributed by atoms with Crippen molar-refractivity contribution in [1.29, 1.82) is 0 Å². The van der Waals surface area contributed by atoms with Crippen LogP contribution in [-0.4, -0.2) is 36.1 Å². The molecule has 2 N–H and O–H groups in total. The molecule has 1 aromatic carbocycles. The molecule has 2 heterocycles. The van der Waals surface area contributed by atoms with E-state index in [9.17, 15) is 9.59 Å². The number of rotatable bonds is 6. The van der Waals surface area contributed by atoms with Crippen LogP contribution >= 0.6 is 0 Å². The number of nitrogens with one attached hydrogen (secondary N) is 2. The second-order valence-corrected chi connectivity index (χ2v) is 5.54. The van der Waals surface area contributed by atoms with Gasteiger partial charge in [0.25, 0.3) is 5.91 Å². The Balaban J connectivity index is 1.37. The Labute approximate surface area is 145 Å². The van der Waals surface area contributed by atoms with Crippen LogP contribution in [0.2, 0.25) is 0 Å². The van der Waals surface area contributed by atoms with Gasteiger partial charge in [-0.1, -0.05) is 18.2 Å². The molecule has 3 rings (SSSR count). The average Bonchev–Trinajstić information content (AvgIpc) is 2.66. The molecule has 0 bridgehead atoms. The van der Waals surface area contributed by atoms with E-state index in [1.165, 1.54) is 0 Å². The first-order chi connectivity index (χ1) is 12.2. The van der Waals surface area contributed by atoms with Gasteiger partial charge in [-0.15, -0.1) is 0 Å². The van der Waals surface area contributed by atoms with E-state index in [1.54, 1.807) is 24.5 Å². The van der Waals surface area contributed by atoms with Crippen LogP contribution in [0.15, 0.2) is 48.8 Å². The predicted molar refractivity (Wildman–Crippen MR) is 90.1 cm³/mol. The minimum Gasteiger partial charge on any atom is -0.485 e. The summed E-state index contributed by atoms with van der Waals surface area (Å²) in [4.78, 5) is 27.9. The minimum atomic E-state index is -0.714. The molecular weight excluding hydrogens is 322 g/mol. The van der Waals surface area contributed by atoms with Crippen LogP contribution in [0, 0.1) is 0 Å². The quantitative estimate of drug-likeness (QED) is 0.820. The molecule has 25 heavy (non-hydrogen) atoms. The lowest BCUT2D eigenvalue weighted by Gasteiger charge is -2.25. The van der Waals surface area contributed by atoms with Gasteiger partial charge >= 0.3 is 0 Å². The van der Waals surface area contributed by atoms with Gasteiger partial charge in [-0.05, 0) is 23.8 Å². The molecular formula is C18H19N3O4. The molecule has 7 heteroatoms.